The summed E-state index contributed by atoms with van der Waals surface area (Å²) in [7, 11) is 0. The van der Waals surface area contributed by atoms with Crippen LogP contribution in [0.4, 0.5) is 5.69 Å². The van der Waals surface area contributed by atoms with Gasteiger partial charge in [-0.2, -0.15) is 0 Å². The normalized spacial score (nSPS) is 18.9. The number of ether oxygens (including phenoxy) is 1. The molecule has 1 atom stereocenters. The van der Waals surface area contributed by atoms with Gasteiger partial charge in [0.2, 0.25) is 11.8 Å². The van der Waals surface area contributed by atoms with Crippen LogP contribution in [0.25, 0.3) is 0 Å². The lowest BCUT2D eigenvalue weighted by Crippen LogP contribution is -2.47. The minimum Gasteiger partial charge on any atom is -0.484 e. The summed E-state index contributed by atoms with van der Waals surface area (Å²) < 4.78 is 5.67. The van der Waals surface area contributed by atoms with Crippen LogP contribution in [-0.2, 0) is 14.4 Å². The molecule has 2 fully saturated rings. The molecule has 31 heavy (non-hydrogen) atoms. The number of anilines is 1. The average molecular weight is 430 g/mol. The van der Waals surface area contributed by atoms with Crippen molar-refractivity contribution in [3.63, 3.8) is 0 Å². The number of carbonyl (C=O) groups excluding carboxylic acids is 3. The molecule has 0 radical (unpaired) electrons. The Bertz CT molecular complexity index is 750. The lowest BCUT2D eigenvalue weighted by Gasteiger charge is -2.32. The topological polar surface area (TPSA) is 79.0 Å². The first-order chi connectivity index (χ1) is 15.1. The van der Waals surface area contributed by atoms with E-state index in [4.69, 9.17) is 4.74 Å². The fourth-order valence-electron chi connectivity index (χ4n) is 4.21. The highest BCUT2D eigenvalue weighted by Gasteiger charge is 2.28. The quantitative estimate of drug-likeness (QED) is 0.580. The van der Waals surface area contributed by atoms with Gasteiger partial charge >= 0.3 is 0 Å². The van der Waals surface area contributed by atoms with Crippen LogP contribution in [0.1, 0.15) is 58.3 Å². The summed E-state index contributed by atoms with van der Waals surface area (Å²) in [5, 5.41) is 3.02. The van der Waals surface area contributed by atoms with E-state index in [1.54, 1.807) is 21.9 Å². The largest absolute Gasteiger partial charge is 0.484 e. The first kappa shape index (κ1) is 23.1. The molecule has 0 aromatic heterocycles. The predicted octanol–water partition coefficient (Wildman–Crippen LogP) is 3.13. The number of carbonyl (C=O) groups is 3. The van der Waals surface area contributed by atoms with Crippen LogP contribution >= 0.6 is 0 Å². The van der Waals surface area contributed by atoms with E-state index in [2.05, 4.69) is 12.2 Å². The first-order valence-corrected chi connectivity index (χ1v) is 11.7. The Morgan fingerprint density at radius 2 is 1.90 bits per heavy atom. The molecule has 1 unspecified atom stereocenters. The van der Waals surface area contributed by atoms with E-state index in [1.165, 1.54) is 12.8 Å². The summed E-state index contributed by atoms with van der Waals surface area (Å²) in [5.41, 5.74) is 0.862. The molecule has 2 saturated heterocycles. The van der Waals surface area contributed by atoms with Crippen molar-refractivity contribution in [2.75, 3.05) is 37.7 Å². The summed E-state index contributed by atoms with van der Waals surface area (Å²) >= 11 is 0. The molecule has 0 spiro atoms. The van der Waals surface area contributed by atoms with Crippen LogP contribution in [0, 0.1) is 5.92 Å². The molecule has 2 heterocycles. The van der Waals surface area contributed by atoms with Gasteiger partial charge in [-0.25, -0.2) is 0 Å². The van der Waals surface area contributed by atoms with Crippen LogP contribution in [0.5, 0.6) is 5.75 Å². The van der Waals surface area contributed by atoms with E-state index in [0.717, 1.165) is 44.3 Å². The minimum absolute atomic E-state index is 0.0483. The Morgan fingerprint density at radius 3 is 2.61 bits per heavy atom. The fourth-order valence-corrected chi connectivity index (χ4v) is 4.21. The third-order valence-electron chi connectivity index (χ3n) is 6.06. The van der Waals surface area contributed by atoms with E-state index < -0.39 is 0 Å². The highest BCUT2D eigenvalue weighted by molar-refractivity contribution is 5.95. The Hall–Kier alpha value is -2.57. The number of hydrogen-bond donors (Lipinski definition) is 1. The maximum absolute atomic E-state index is 12.6. The number of amides is 3. The number of nitrogens with zero attached hydrogens (tertiary/aromatic N) is 2. The maximum Gasteiger partial charge on any atom is 0.260 e. The molecule has 7 heteroatoms. The van der Waals surface area contributed by atoms with E-state index >= 15 is 0 Å². The van der Waals surface area contributed by atoms with Crippen LogP contribution in [-0.4, -0.2) is 55.4 Å². The first-order valence-electron chi connectivity index (χ1n) is 11.7. The summed E-state index contributed by atoms with van der Waals surface area (Å²) in [6, 6.07) is 7.29. The minimum atomic E-state index is -0.138. The summed E-state index contributed by atoms with van der Waals surface area (Å²) in [4.78, 5) is 40.4. The van der Waals surface area contributed by atoms with Crippen LogP contribution in [0.3, 0.4) is 0 Å². The van der Waals surface area contributed by atoms with Gasteiger partial charge in [-0.15, -0.1) is 0 Å². The zero-order chi connectivity index (χ0) is 22.1. The van der Waals surface area contributed by atoms with Crippen molar-refractivity contribution in [2.24, 2.45) is 5.92 Å². The highest BCUT2D eigenvalue weighted by Crippen LogP contribution is 2.24. The van der Waals surface area contributed by atoms with Gasteiger partial charge in [-0.05, 0) is 49.9 Å². The van der Waals surface area contributed by atoms with Gasteiger partial charge in [0, 0.05) is 38.3 Å². The maximum atomic E-state index is 12.6. The molecule has 0 saturated carbocycles. The Morgan fingerprint density at radius 1 is 1.10 bits per heavy atom. The van der Waals surface area contributed by atoms with Gasteiger partial charge in [-0.1, -0.05) is 26.2 Å². The smallest absolute Gasteiger partial charge is 0.260 e. The summed E-state index contributed by atoms with van der Waals surface area (Å²) in [6.45, 7) is 4.71. The lowest BCUT2D eigenvalue weighted by molar-refractivity contribution is -0.137. The molecule has 7 nitrogen and oxygen atoms in total. The van der Waals surface area contributed by atoms with Gasteiger partial charge < -0.3 is 19.9 Å². The molecular formula is C24H35N3O4. The highest BCUT2D eigenvalue weighted by atomic mass is 16.5. The molecular weight excluding hydrogens is 394 g/mol. The van der Waals surface area contributed by atoms with Gasteiger partial charge in [0.1, 0.15) is 5.75 Å². The molecule has 3 rings (SSSR count). The SMILES string of the molecule is CCCCCCNC(=O)C1CCCN(C(=O)COc2ccc(N3CCCC3=O)cc2)C1. The number of benzene rings is 1. The third-order valence-corrected chi connectivity index (χ3v) is 6.06. The standard InChI is InChI=1S/C24H35N3O4/c1-2-3-4-5-14-25-24(30)19-8-6-15-26(17-19)23(29)18-31-21-12-10-20(11-13-21)27-16-7-9-22(27)28/h10-13,19H,2-9,14-18H2,1H3,(H,25,30). The van der Waals surface area contributed by atoms with Crippen molar-refractivity contribution < 1.29 is 19.1 Å². The third kappa shape index (κ3) is 6.71. The second-order valence-corrected chi connectivity index (χ2v) is 8.46. The number of unbranched alkanes of at least 4 members (excludes halogenated alkanes) is 3. The predicted molar refractivity (Wildman–Crippen MR) is 120 cm³/mol. The number of hydrogen-bond acceptors (Lipinski definition) is 4. The van der Waals surface area contributed by atoms with Crippen molar-refractivity contribution in [3.8, 4) is 5.75 Å². The number of piperidine rings is 1. The van der Waals surface area contributed by atoms with Gasteiger partial charge in [0.05, 0.1) is 5.92 Å². The van der Waals surface area contributed by atoms with E-state index in [0.29, 0.717) is 31.8 Å². The van der Waals surface area contributed by atoms with E-state index in [9.17, 15) is 14.4 Å². The Labute approximate surface area is 185 Å². The second kappa shape index (κ2) is 11.7. The molecule has 1 aromatic rings. The van der Waals surface area contributed by atoms with Crippen molar-refractivity contribution >= 4 is 23.4 Å². The number of likely N-dealkylation sites (tertiary alicyclic amines) is 1. The fraction of sp³-hybridized carbons (Fsp3) is 0.625. The molecule has 0 aliphatic carbocycles. The van der Waals surface area contributed by atoms with E-state index in [-0.39, 0.29) is 30.2 Å². The molecule has 2 aliphatic heterocycles. The molecule has 170 valence electrons. The summed E-state index contributed by atoms with van der Waals surface area (Å²) in [5.74, 6) is 0.568. The lowest BCUT2D eigenvalue weighted by atomic mass is 9.97. The van der Waals surface area contributed by atoms with Crippen molar-refractivity contribution in [1.82, 2.24) is 10.2 Å². The Kier molecular flexibility index (Phi) is 8.74. The monoisotopic (exact) mass is 429 g/mol. The molecule has 1 aromatic carbocycles. The number of rotatable bonds is 10. The van der Waals surface area contributed by atoms with Gasteiger partial charge in [0.15, 0.2) is 6.61 Å². The average Bonchev–Trinajstić information content (AvgIpc) is 3.23. The summed E-state index contributed by atoms with van der Waals surface area (Å²) in [6.07, 6.45) is 7.66. The van der Waals surface area contributed by atoms with Crippen molar-refractivity contribution in [1.29, 1.82) is 0 Å². The van der Waals surface area contributed by atoms with Gasteiger partial charge in [-0.3, -0.25) is 14.4 Å². The van der Waals surface area contributed by atoms with Crippen molar-refractivity contribution in [2.45, 2.75) is 58.3 Å². The second-order valence-electron chi connectivity index (χ2n) is 8.46. The van der Waals surface area contributed by atoms with Crippen LogP contribution in [0.15, 0.2) is 24.3 Å². The zero-order valence-corrected chi connectivity index (χ0v) is 18.6. The number of nitrogens with one attached hydrogen (secondary N) is 1. The van der Waals surface area contributed by atoms with E-state index in [1.807, 2.05) is 12.1 Å². The van der Waals surface area contributed by atoms with Crippen LogP contribution < -0.4 is 15.0 Å². The van der Waals surface area contributed by atoms with Gasteiger partial charge in [0.25, 0.3) is 5.91 Å². The van der Waals surface area contributed by atoms with Crippen molar-refractivity contribution in [3.05, 3.63) is 24.3 Å². The van der Waals surface area contributed by atoms with Crippen LogP contribution in [0.2, 0.25) is 0 Å². The molecule has 0 bridgehead atoms. The Balaban J connectivity index is 1.41. The molecule has 2 aliphatic rings. The zero-order valence-electron chi connectivity index (χ0n) is 18.6. The molecule has 3 amide bonds. The molecule has 1 N–H and O–H groups in total.